The number of nitrogens with one attached hydrogen (secondary N) is 1. The summed E-state index contributed by atoms with van der Waals surface area (Å²) in [5.41, 5.74) is 0. The Balaban J connectivity index is 2.10. The first kappa shape index (κ1) is 13.8. The fraction of sp³-hybridized carbons (Fsp3) is 0.250. The average Bonchev–Trinajstić information content (AvgIpc) is 2.95. The van der Waals surface area contributed by atoms with Gasteiger partial charge < -0.3 is 5.32 Å². The Morgan fingerprint density at radius 1 is 1.47 bits per heavy atom. The van der Waals surface area contributed by atoms with Crippen LogP contribution in [0.1, 0.15) is 11.8 Å². The smallest absolute Gasteiger partial charge is 0.294 e. The lowest BCUT2D eigenvalue weighted by Gasteiger charge is -2.11. The summed E-state index contributed by atoms with van der Waals surface area (Å²) in [6.07, 6.45) is 1.67. The lowest BCUT2D eigenvalue weighted by atomic mass is 10.3. The van der Waals surface area contributed by atoms with Crippen molar-refractivity contribution in [3.63, 3.8) is 0 Å². The number of likely N-dealkylation sites (N-methyl/N-ethyl adjacent to an activating group) is 1. The van der Waals surface area contributed by atoms with E-state index in [9.17, 15) is 14.4 Å². The first-order chi connectivity index (χ1) is 9.11. The molecule has 0 spiro atoms. The SMILES string of the molecule is CCNC(=O)CN1C(=O)S/C(=C/c2cccs2)C1=O. The molecule has 1 saturated heterocycles. The Kier molecular flexibility index (Phi) is 4.39. The van der Waals surface area contributed by atoms with Gasteiger partial charge in [0, 0.05) is 11.4 Å². The second-order valence-electron chi connectivity index (χ2n) is 3.74. The van der Waals surface area contributed by atoms with Gasteiger partial charge in [0.25, 0.3) is 11.1 Å². The van der Waals surface area contributed by atoms with Crippen molar-refractivity contribution in [2.24, 2.45) is 0 Å². The van der Waals surface area contributed by atoms with E-state index >= 15 is 0 Å². The molecule has 19 heavy (non-hydrogen) atoms. The fourth-order valence-corrected chi connectivity index (χ4v) is 3.10. The molecule has 0 unspecified atom stereocenters. The maximum atomic E-state index is 12.0. The largest absolute Gasteiger partial charge is 0.355 e. The first-order valence-corrected chi connectivity index (χ1v) is 7.37. The lowest BCUT2D eigenvalue weighted by molar-refractivity contribution is -0.129. The molecule has 3 amide bonds. The molecule has 1 aliphatic rings. The number of thiophene rings is 1. The molecule has 2 heterocycles. The standard InChI is InChI=1S/C12H12N2O3S2/c1-2-13-10(15)7-14-11(16)9(19-12(14)17)6-8-4-3-5-18-8/h3-6H,2,7H2,1H3,(H,13,15)/b9-6+. The highest BCUT2D eigenvalue weighted by atomic mass is 32.2. The molecule has 0 aliphatic carbocycles. The van der Waals surface area contributed by atoms with E-state index in [0.29, 0.717) is 11.4 Å². The summed E-state index contributed by atoms with van der Waals surface area (Å²) in [7, 11) is 0. The van der Waals surface area contributed by atoms with Gasteiger partial charge in [-0.15, -0.1) is 11.3 Å². The minimum Gasteiger partial charge on any atom is -0.355 e. The Morgan fingerprint density at radius 2 is 2.26 bits per heavy atom. The van der Waals surface area contributed by atoms with Crippen molar-refractivity contribution in [2.75, 3.05) is 13.1 Å². The summed E-state index contributed by atoms with van der Waals surface area (Å²) >= 11 is 2.35. The molecule has 0 bridgehead atoms. The first-order valence-electron chi connectivity index (χ1n) is 5.67. The normalized spacial score (nSPS) is 17.3. The third kappa shape index (κ3) is 3.24. The second kappa shape index (κ2) is 6.03. The lowest BCUT2D eigenvalue weighted by Crippen LogP contribution is -2.39. The van der Waals surface area contributed by atoms with Gasteiger partial charge in [-0.1, -0.05) is 6.07 Å². The molecular formula is C12H12N2O3S2. The van der Waals surface area contributed by atoms with Crippen LogP contribution in [0.3, 0.4) is 0 Å². The van der Waals surface area contributed by atoms with Crippen molar-refractivity contribution in [3.8, 4) is 0 Å². The molecule has 2 rings (SSSR count). The van der Waals surface area contributed by atoms with E-state index in [1.165, 1.54) is 11.3 Å². The minimum atomic E-state index is -0.408. The second-order valence-corrected chi connectivity index (χ2v) is 5.71. The van der Waals surface area contributed by atoms with Crippen molar-refractivity contribution >= 4 is 46.2 Å². The average molecular weight is 296 g/mol. The predicted molar refractivity (Wildman–Crippen MR) is 75.7 cm³/mol. The number of carbonyl (C=O) groups excluding carboxylic acids is 3. The zero-order chi connectivity index (χ0) is 13.8. The molecule has 100 valence electrons. The van der Waals surface area contributed by atoms with Crippen LogP contribution in [0.15, 0.2) is 22.4 Å². The van der Waals surface area contributed by atoms with Gasteiger partial charge in [-0.05, 0) is 36.2 Å². The topological polar surface area (TPSA) is 66.5 Å². The van der Waals surface area contributed by atoms with Crippen molar-refractivity contribution in [3.05, 3.63) is 27.3 Å². The summed E-state index contributed by atoms with van der Waals surface area (Å²) in [6.45, 7) is 2.03. The van der Waals surface area contributed by atoms with Gasteiger partial charge in [0.1, 0.15) is 6.54 Å². The van der Waals surface area contributed by atoms with Crippen LogP contribution in [0, 0.1) is 0 Å². The number of hydrogen-bond acceptors (Lipinski definition) is 5. The molecule has 1 aromatic rings. The highest BCUT2D eigenvalue weighted by Crippen LogP contribution is 2.32. The summed E-state index contributed by atoms with van der Waals surface area (Å²) in [4.78, 5) is 37.4. The monoisotopic (exact) mass is 296 g/mol. The number of imide groups is 1. The van der Waals surface area contributed by atoms with Crippen molar-refractivity contribution in [2.45, 2.75) is 6.92 Å². The molecule has 7 heteroatoms. The minimum absolute atomic E-state index is 0.222. The Hall–Kier alpha value is -1.60. The zero-order valence-electron chi connectivity index (χ0n) is 10.2. The molecule has 1 aliphatic heterocycles. The molecule has 0 saturated carbocycles. The van der Waals surface area contributed by atoms with E-state index in [4.69, 9.17) is 0 Å². The van der Waals surface area contributed by atoms with Gasteiger partial charge in [-0.3, -0.25) is 19.3 Å². The number of amides is 3. The van der Waals surface area contributed by atoms with Crippen LogP contribution in [0.25, 0.3) is 6.08 Å². The number of nitrogens with zero attached hydrogens (tertiary/aromatic N) is 1. The molecule has 1 fully saturated rings. The van der Waals surface area contributed by atoms with Crippen LogP contribution in [-0.2, 0) is 9.59 Å². The fourth-order valence-electron chi connectivity index (χ4n) is 1.54. The summed E-state index contributed by atoms with van der Waals surface area (Å²) in [6, 6.07) is 3.73. The van der Waals surface area contributed by atoms with E-state index < -0.39 is 11.1 Å². The van der Waals surface area contributed by atoms with E-state index in [2.05, 4.69) is 5.32 Å². The van der Waals surface area contributed by atoms with E-state index in [0.717, 1.165) is 21.5 Å². The molecule has 0 aromatic carbocycles. The van der Waals surface area contributed by atoms with Crippen molar-refractivity contribution in [1.82, 2.24) is 10.2 Å². The number of thioether (sulfide) groups is 1. The number of hydrogen-bond donors (Lipinski definition) is 1. The number of rotatable bonds is 4. The van der Waals surface area contributed by atoms with Gasteiger partial charge in [0.05, 0.1) is 4.91 Å². The van der Waals surface area contributed by atoms with Gasteiger partial charge in [-0.2, -0.15) is 0 Å². The maximum absolute atomic E-state index is 12.0. The molecule has 5 nitrogen and oxygen atoms in total. The third-order valence-corrected chi connectivity index (χ3v) is 4.09. The van der Waals surface area contributed by atoms with E-state index in [-0.39, 0.29) is 12.5 Å². The van der Waals surface area contributed by atoms with Gasteiger partial charge in [-0.25, -0.2) is 0 Å². The van der Waals surface area contributed by atoms with Gasteiger partial charge in [0.15, 0.2) is 0 Å². The Labute approximate surface area is 118 Å². The Bertz CT molecular complexity index is 537. The van der Waals surface area contributed by atoms with Crippen LogP contribution >= 0.6 is 23.1 Å². The van der Waals surface area contributed by atoms with Crippen LogP contribution in [-0.4, -0.2) is 35.0 Å². The molecule has 0 atom stereocenters. The third-order valence-electron chi connectivity index (χ3n) is 2.37. The molecule has 0 radical (unpaired) electrons. The van der Waals surface area contributed by atoms with E-state index in [1.807, 2.05) is 17.5 Å². The molecule has 1 aromatic heterocycles. The maximum Gasteiger partial charge on any atom is 0.294 e. The quantitative estimate of drug-likeness (QED) is 0.862. The number of carbonyl (C=O) groups is 3. The highest BCUT2D eigenvalue weighted by Gasteiger charge is 2.36. The summed E-state index contributed by atoms with van der Waals surface area (Å²) < 4.78 is 0. The molecule has 1 N–H and O–H groups in total. The van der Waals surface area contributed by atoms with E-state index in [1.54, 1.807) is 13.0 Å². The summed E-state index contributed by atoms with van der Waals surface area (Å²) in [5.74, 6) is -0.739. The summed E-state index contributed by atoms with van der Waals surface area (Å²) in [5, 5.41) is 4.05. The van der Waals surface area contributed by atoms with Crippen LogP contribution in [0.5, 0.6) is 0 Å². The Morgan fingerprint density at radius 3 is 2.89 bits per heavy atom. The molecular weight excluding hydrogens is 284 g/mol. The predicted octanol–water partition coefficient (Wildman–Crippen LogP) is 1.92. The van der Waals surface area contributed by atoms with Gasteiger partial charge in [0.2, 0.25) is 5.91 Å². The van der Waals surface area contributed by atoms with Crippen LogP contribution < -0.4 is 5.32 Å². The highest BCUT2D eigenvalue weighted by molar-refractivity contribution is 8.18. The van der Waals surface area contributed by atoms with Crippen LogP contribution in [0.2, 0.25) is 0 Å². The van der Waals surface area contributed by atoms with Gasteiger partial charge >= 0.3 is 0 Å². The van der Waals surface area contributed by atoms with Crippen LogP contribution in [0.4, 0.5) is 4.79 Å². The zero-order valence-corrected chi connectivity index (χ0v) is 11.8. The van der Waals surface area contributed by atoms with Crippen molar-refractivity contribution in [1.29, 1.82) is 0 Å². The van der Waals surface area contributed by atoms with Crippen molar-refractivity contribution < 1.29 is 14.4 Å².